The molecule has 1 aromatic heterocycles. The number of fused-ring (bicyclic) bond motifs is 1. The first-order valence-corrected chi connectivity index (χ1v) is 13.6. The summed E-state index contributed by atoms with van der Waals surface area (Å²) in [4.78, 5) is 33.9. The molecule has 3 aromatic rings. The van der Waals surface area contributed by atoms with Gasteiger partial charge in [-0.15, -0.1) is 0 Å². The lowest BCUT2D eigenvalue weighted by Crippen LogP contribution is -2.54. The van der Waals surface area contributed by atoms with Crippen LogP contribution in [0.2, 0.25) is 0 Å². The van der Waals surface area contributed by atoms with Crippen LogP contribution in [0, 0.1) is 6.92 Å². The van der Waals surface area contributed by atoms with Gasteiger partial charge in [-0.3, -0.25) is 14.4 Å². The van der Waals surface area contributed by atoms with Crippen molar-refractivity contribution in [1.29, 1.82) is 0 Å². The van der Waals surface area contributed by atoms with Crippen LogP contribution in [0.1, 0.15) is 62.9 Å². The fraction of sp³-hybridized carbons (Fsp3) is 0.406. The highest BCUT2D eigenvalue weighted by Gasteiger charge is 2.34. The van der Waals surface area contributed by atoms with Crippen LogP contribution >= 0.6 is 0 Å². The number of ketones is 1. The van der Waals surface area contributed by atoms with Gasteiger partial charge in [-0.05, 0) is 56.0 Å². The number of aromatic nitrogens is 1. The maximum atomic E-state index is 11.8. The molecule has 1 heterocycles. The van der Waals surface area contributed by atoms with Crippen molar-refractivity contribution in [1.82, 2.24) is 9.88 Å². The molecule has 4 rings (SSSR count). The van der Waals surface area contributed by atoms with Crippen molar-refractivity contribution in [2.24, 2.45) is 5.73 Å². The average molecular weight is 550 g/mol. The largest absolute Gasteiger partial charge is 0.462 e. The Balaban J connectivity index is 0.000000265. The molecule has 2 aromatic carbocycles. The first-order valence-electron chi connectivity index (χ1n) is 13.6. The number of amides is 1. The van der Waals surface area contributed by atoms with Gasteiger partial charge in [0.1, 0.15) is 12.1 Å². The van der Waals surface area contributed by atoms with Gasteiger partial charge in [-0.1, -0.05) is 68.4 Å². The molecule has 0 bridgehead atoms. The fourth-order valence-electron chi connectivity index (χ4n) is 4.26. The Morgan fingerprint density at radius 1 is 1.10 bits per heavy atom. The number of benzene rings is 2. The molecule has 0 fully saturated rings. The van der Waals surface area contributed by atoms with Crippen molar-refractivity contribution >= 4 is 18.2 Å². The maximum Gasteiger partial charge on any atom is 0.293 e. The molecule has 0 saturated heterocycles. The van der Waals surface area contributed by atoms with E-state index in [1.54, 1.807) is 13.8 Å². The Morgan fingerprint density at radius 3 is 2.33 bits per heavy atom. The molecule has 8 nitrogen and oxygen atoms in total. The van der Waals surface area contributed by atoms with Crippen LogP contribution in [0.4, 0.5) is 0 Å². The van der Waals surface area contributed by atoms with Crippen LogP contribution in [-0.2, 0) is 36.9 Å². The van der Waals surface area contributed by atoms with Gasteiger partial charge in [-0.25, -0.2) is 0 Å². The van der Waals surface area contributed by atoms with E-state index in [1.807, 2.05) is 62.5 Å². The van der Waals surface area contributed by atoms with E-state index < -0.39 is 11.6 Å². The van der Waals surface area contributed by atoms with Crippen molar-refractivity contribution < 1.29 is 23.9 Å². The molecule has 0 saturated carbocycles. The third kappa shape index (κ3) is 9.47. The Kier molecular flexibility index (Phi) is 12.8. The zero-order chi connectivity index (χ0) is 29.7. The highest BCUT2D eigenvalue weighted by molar-refractivity contribution is 5.91. The zero-order valence-corrected chi connectivity index (χ0v) is 24.4. The van der Waals surface area contributed by atoms with Gasteiger partial charge >= 0.3 is 0 Å². The molecule has 8 heteroatoms. The maximum absolute atomic E-state index is 11.8. The van der Waals surface area contributed by atoms with Crippen molar-refractivity contribution in [2.75, 3.05) is 6.61 Å². The summed E-state index contributed by atoms with van der Waals surface area (Å²) in [6, 6.07) is 19.4. The SMILES string of the molecule is CC.CC(=O)C(COCc1ccccc1)NC(=O)C(C)(C)N.Cc1ccn(C2c3ccccc3CC2OC=O)c1. The number of carbonyl (C=O) groups is 3. The summed E-state index contributed by atoms with van der Waals surface area (Å²) in [5.74, 6) is -0.531. The third-order valence-electron chi connectivity index (χ3n) is 6.34. The molecule has 1 amide bonds. The van der Waals surface area contributed by atoms with Gasteiger partial charge in [0.2, 0.25) is 5.91 Å². The average Bonchev–Trinajstić information content (AvgIpc) is 3.52. The van der Waals surface area contributed by atoms with E-state index in [0.29, 0.717) is 13.1 Å². The minimum Gasteiger partial charge on any atom is -0.462 e. The molecule has 3 N–H and O–H groups in total. The number of aryl methyl sites for hydroxylation is 1. The number of ether oxygens (including phenoxy) is 2. The molecule has 1 aliphatic rings. The monoisotopic (exact) mass is 549 g/mol. The first-order chi connectivity index (χ1) is 19.1. The van der Waals surface area contributed by atoms with Crippen molar-refractivity contribution in [3.8, 4) is 0 Å². The fourth-order valence-corrected chi connectivity index (χ4v) is 4.26. The number of nitrogens with one attached hydrogen (secondary N) is 1. The molecular weight excluding hydrogens is 506 g/mol. The van der Waals surface area contributed by atoms with Gasteiger partial charge < -0.3 is 25.1 Å². The standard InChI is InChI=1S/C15H22N2O3.C15H15NO2.C2H6/c1-11(18)13(17-14(19)15(2,3)16)10-20-9-12-7-5-4-6-8-12;1-11-6-7-16(9-11)15-13-5-3-2-4-12(13)8-14(15)18-10-17;1-2/h4-8,13H,9-10,16H2,1-3H3,(H,17,19);2-7,9-10,14-15H,8H2,1H3;1-2H3. The topological polar surface area (TPSA) is 113 Å². The predicted octanol–water partition coefficient (Wildman–Crippen LogP) is 4.52. The lowest BCUT2D eigenvalue weighted by Gasteiger charge is -2.22. The second-order valence-corrected chi connectivity index (χ2v) is 10.1. The van der Waals surface area contributed by atoms with Crippen LogP contribution in [-0.4, -0.2) is 47.0 Å². The minimum atomic E-state index is -1.02. The van der Waals surface area contributed by atoms with Crippen LogP contribution in [0.5, 0.6) is 0 Å². The summed E-state index contributed by atoms with van der Waals surface area (Å²) in [5.41, 5.74) is 9.40. The lowest BCUT2D eigenvalue weighted by molar-refractivity contribution is -0.134. The van der Waals surface area contributed by atoms with Gasteiger partial charge in [-0.2, -0.15) is 0 Å². The highest BCUT2D eigenvalue weighted by atomic mass is 16.5. The summed E-state index contributed by atoms with van der Waals surface area (Å²) in [6.45, 7) is 11.7. The van der Waals surface area contributed by atoms with Crippen molar-refractivity contribution in [3.05, 3.63) is 95.3 Å². The molecular formula is C32H43N3O5. The number of nitrogens with zero attached hydrogens (tertiary/aromatic N) is 1. The molecule has 3 unspecified atom stereocenters. The van der Waals surface area contributed by atoms with Crippen LogP contribution < -0.4 is 11.1 Å². The Hall–Kier alpha value is -3.75. The molecule has 216 valence electrons. The van der Waals surface area contributed by atoms with Gasteiger partial charge in [0.15, 0.2) is 5.78 Å². The van der Waals surface area contributed by atoms with Crippen molar-refractivity contribution in [2.45, 2.75) is 78.3 Å². The van der Waals surface area contributed by atoms with Crippen LogP contribution in [0.3, 0.4) is 0 Å². The quantitative estimate of drug-likeness (QED) is 0.360. The van der Waals surface area contributed by atoms with Gasteiger partial charge in [0.05, 0.1) is 24.8 Å². The smallest absolute Gasteiger partial charge is 0.293 e. The van der Waals surface area contributed by atoms with E-state index in [2.05, 4.69) is 41.2 Å². The van der Waals surface area contributed by atoms with Gasteiger partial charge in [0, 0.05) is 18.8 Å². The van der Waals surface area contributed by atoms with E-state index in [-0.39, 0.29) is 30.4 Å². The Bertz CT molecular complexity index is 1220. The lowest BCUT2D eigenvalue weighted by atomic mass is 10.1. The summed E-state index contributed by atoms with van der Waals surface area (Å²) in [7, 11) is 0. The van der Waals surface area contributed by atoms with Gasteiger partial charge in [0.25, 0.3) is 6.47 Å². The third-order valence-corrected chi connectivity index (χ3v) is 6.34. The Labute approximate surface area is 237 Å². The summed E-state index contributed by atoms with van der Waals surface area (Å²) in [6.07, 6.45) is 4.82. The zero-order valence-electron chi connectivity index (χ0n) is 24.4. The molecule has 0 aliphatic heterocycles. The van der Waals surface area contributed by atoms with E-state index in [1.165, 1.54) is 23.6 Å². The van der Waals surface area contributed by atoms with E-state index in [4.69, 9.17) is 15.2 Å². The van der Waals surface area contributed by atoms with E-state index >= 15 is 0 Å². The van der Waals surface area contributed by atoms with Crippen LogP contribution in [0.25, 0.3) is 0 Å². The predicted molar refractivity (Wildman–Crippen MR) is 157 cm³/mol. The first kappa shape index (κ1) is 32.5. The van der Waals surface area contributed by atoms with E-state index in [9.17, 15) is 14.4 Å². The number of hydrogen-bond acceptors (Lipinski definition) is 6. The molecule has 1 aliphatic carbocycles. The number of Topliss-reactive ketones (excluding diaryl/α,β-unsaturated/α-hetero) is 1. The van der Waals surface area contributed by atoms with Crippen LogP contribution in [0.15, 0.2) is 73.1 Å². The molecule has 3 atom stereocenters. The highest BCUT2D eigenvalue weighted by Crippen LogP contribution is 2.36. The molecule has 0 spiro atoms. The summed E-state index contributed by atoms with van der Waals surface area (Å²) >= 11 is 0. The number of nitrogens with two attached hydrogens (primary N) is 1. The molecule has 0 radical (unpaired) electrons. The van der Waals surface area contributed by atoms with E-state index in [0.717, 1.165) is 12.0 Å². The summed E-state index contributed by atoms with van der Waals surface area (Å²) in [5, 5.41) is 2.60. The second-order valence-electron chi connectivity index (χ2n) is 10.1. The number of hydrogen-bond donors (Lipinski definition) is 2. The van der Waals surface area contributed by atoms with Crippen molar-refractivity contribution in [3.63, 3.8) is 0 Å². The number of rotatable bonds is 10. The normalized spacial score (nSPS) is 16.3. The minimum absolute atomic E-state index is 0.0973. The molecule has 40 heavy (non-hydrogen) atoms. The number of carbonyl (C=O) groups excluding carboxylic acids is 3. The Morgan fingerprint density at radius 2 is 1.75 bits per heavy atom. The summed E-state index contributed by atoms with van der Waals surface area (Å²) < 4.78 is 12.9. The second kappa shape index (κ2) is 15.7.